The Hall–Kier alpha value is -2.11. The third kappa shape index (κ3) is 36.1. The van der Waals surface area contributed by atoms with E-state index in [0.717, 1.165) is 64.2 Å². The van der Waals surface area contributed by atoms with E-state index in [0.29, 0.717) is 13.0 Å². The molecule has 0 spiro atoms. The van der Waals surface area contributed by atoms with Crippen LogP contribution in [0.15, 0.2) is 60.8 Å². The Morgan fingerprint density at radius 2 is 0.953 bits per heavy atom. The minimum Gasteiger partial charge on any atom is -0.457 e. The molecule has 9 nitrogen and oxygen atoms in total. The molecule has 4 N–H and O–H groups in total. The van der Waals surface area contributed by atoms with Gasteiger partial charge in [-0.25, -0.2) is 0 Å². The summed E-state index contributed by atoms with van der Waals surface area (Å²) in [6.45, 7) is 4.44. The Morgan fingerprint density at radius 1 is 0.516 bits per heavy atom. The highest BCUT2D eigenvalue weighted by atomic mass is 16.7. The molecule has 1 rings (SSSR count). The third-order valence-corrected chi connectivity index (χ3v) is 11.9. The molecule has 1 aliphatic heterocycles. The predicted octanol–water partition coefficient (Wildman–Crippen LogP) is 13.0. The lowest BCUT2D eigenvalue weighted by atomic mass is 9.99. The Bertz CT molecular complexity index is 1160. The van der Waals surface area contributed by atoms with Crippen LogP contribution in [-0.4, -0.2) is 89.6 Å². The zero-order valence-corrected chi connectivity index (χ0v) is 41.0. The molecule has 0 aromatic heterocycles. The number of ether oxygens (including phenoxy) is 4. The number of hydrogen-bond donors (Lipinski definition) is 4. The van der Waals surface area contributed by atoms with Crippen molar-refractivity contribution in [2.45, 2.75) is 256 Å². The van der Waals surface area contributed by atoms with Gasteiger partial charge in [0.15, 0.2) is 6.29 Å². The van der Waals surface area contributed by atoms with Crippen LogP contribution >= 0.6 is 0 Å². The normalized spacial score (nSPS) is 20.0. The minimum atomic E-state index is -1.54. The molecule has 64 heavy (non-hydrogen) atoms. The van der Waals surface area contributed by atoms with E-state index in [4.69, 9.17) is 18.9 Å². The van der Waals surface area contributed by atoms with Gasteiger partial charge in [0.05, 0.1) is 19.8 Å². The van der Waals surface area contributed by atoms with E-state index in [1.165, 1.54) is 135 Å². The fourth-order valence-electron chi connectivity index (χ4n) is 7.83. The summed E-state index contributed by atoms with van der Waals surface area (Å²) in [5.74, 6) is -0.318. The number of carbonyl (C=O) groups excluding carboxylic acids is 1. The molecule has 1 heterocycles. The van der Waals surface area contributed by atoms with Crippen LogP contribution in [0, 0.1) is 0 Å². The highest BCUT2D eigenvalue weighted by Crippen LogP contribution is 2.23. The van der Waals surface area contributed by atoms with Crippen molar-refractivity contribution in [2.24, 2.45) is 0 Å². The number of carbonyl (C=O) groups is 1. The van der Waals surface area contributed by atoms with Crippen molar-refractivity contribution in [3.05, 3.63) is 60.8 Å². The number of unbranched alkanes of at least 4 members (excludes halogenated alkanes) is 24. The van der Waals surface area contributed by atoms with Gasteiger partial charge >= 0.3 is 5.97 Å². The van der Waals surface area contributed by atoms with E-state index < -0.39 is 43.4 Å². The number of allylic oxidation sites excluding steroid dienone is 10. The van der Waals surface area contributed by atoms with Crippen LogP contribution in [0.4, 0.5) is 0 Å². The molecule has 0 bridgehead atoms. The number of rotatable bonds is 45. The van der Waals surface area contributed by atoms with Crippen molar-refractivity contribution >= 4 is 5.97 Å². The first-order chi connectivity index (χ1) is 31.4. The Kier molecular flexibility index (Phi) is 43.1. The molecule has 6 atom stereocenters. The second kappa shape index (κ2) is 46.0. The first kappa shape index (κ1) is 59.9. The van der Waals surface area contributed by atoms with Gasteiger partial charge in [0.1, 0.15) is 30.5 Å². The van der Waals surface area contributed by atoms with Crippen molar-refractivity contribution in [3.8, 4) is 0 Å². The molecule has 6 unspecified atom stereocenters. The van der Waals surface area contributed by atoms with E-state index >= 15 is 0 Å². The largest absolute Gasteiger partial charge is 0.457 e. The van der Waals surface area contributed by atoms with Gasteiger partial charge in [-0.2, -0.15) is 0 Å². The van der Waals surface area contributed by atoms with Gasteiger partial charge in [-0.05, 0) is 77.0 Å². The standard InChI is InChI=1S/C55H98O9/c1-3-5-7-9-11-13-15-17-19-21-22-23-24-25-26-27-28-29-30-32-34-36-38-40-42-44-51(57)63-49(48-62-55-54(60)53(59)52(58)50(46-56)64-55)47-61-45-43-41-39-37-35-33-31-20-18-16-14-12-10-8-6-4-2/h5,7,11,13,17-20,22-23,49-50,52-56,58-60H,3-4,6,8-10,12,14-16,21,24-48H2,1-2H3/b7-5-,13-11-,19-17-,20-18-,23-22-. The summed E-state index contributed by atoms with van der Waals surface area (Å²) in [4.78, 5) is 12.9. The highest BCUT2D eigenvalue weighted by Gasteiger charge is 2.44. The Balaban J connectivity index is 2.18. The zero-order valence-electron chi connectivity index (χ0n) is 41.0. The molecular weight excluding hydrogens is 805 g/mol. The van der Waals surface area contributed by atoms with Crippen molar-refractivity contribution in [2.75, 3.05) is 26.4 Å². The van der Waals surface area contributed by atoms with E-state index in [-0.39, 0.29) is 19.2 Å². The molecule has 1 aliphatic rings. The van der Waals surface area contributed by atoms with Crippen LogP contribution in [0.1, 0.15) is 219 Å². The van der Waals surface area contributed by atoms with Crippen LogP contribution in [0.25, 0.3) is 0 Å². The summed E-state index contributed by atoms with van der Waals surface area (Å²) in [6.07, 6.45) is 52.5. The molecule has 0 radical (unpaired) electrons. The van der Waals surface area contributed by atoms with Gasteiger partial charge in [-0.3, -0.25) is 4.79 Å². The minimum absolute atomic E-state index is 0.117. The molecule has 0 saturated carbocycles. The molecule has 9 heteroatoms. The lowest BCUT2D eigenvalue weighted by molar-refractivity contribution is -0.305. The fourth-order valence-corrected chi connectivity index (χ4v) is 7.83. The topological polar surface area (TPSA) is 135 Å². The predicted molar refractivity (Wildman–Crippen MR) is 265 cm³/mol. The summed E-state index contributed by atoms with van der Waals surface area (Å²) >= 11 is 0. The molecule has 0 aliphatic carbocycles. The van der Waals surface area contributed by atoms with Crippen molar-refractivity contribution in [1.82, 2.24) is 0 Å². The highest BCUT2D eigenvalue weighted by molar-refractivity contribution is 5.69. The third-order valence-electron chi connectivity index (χ3n) is 11.9. The first-order valence-corrected chi connectivity index (χ1v) is 26.4. The summed E-state index contributed by atoms with van der Waals surface area (Å²) in [5.41, 5.74) is 0. The van der Waals surface area contributed by atoms with Crippen molar-refractivity contribution < 1.29 is 44.2 Å². The molecular formula is C55H98O9. The van der Waals surface area contributed by atoms with Gasteiger partial charge in [0.2, 0.25) is 0 Å². The van der Waals surface area contributed by atoms with Gasteiger partial charge in [-0.15, -0.1) is 0 Å². The lowest BCUT2D eigenvalue weighted by Gasteiger charge is -2.39. The molecule has 1 fully saturated rings. The summed E-state index contributed by atoms with van der Waals surface area (Å²) < 4.78 is 22.9. The van der Waals surface area contributed by atoms with Crippen LogP contribution < -0.4 is 0 Å². The number of aliphatic hydroxyl groups is 4. The fraction of sp³-hybridized carbons (Fsp3) is 0.800. The van der Waals surface area contributed by atoms with Gasteiger partial charge in [0, 0.05) is 13.0 Å². The maximum atomic E-state index is 12.9. The summed E-state index contributed by atoms with van der Waals surface area (Å²) in [6, 6.07) is 0. The van der Waals surface area contributed by atoms with Crippen LogP contribution in [0.5, 0.6) is 0 Å². The lowest BCUT2D eigenvalue weighted by Crippen LogP contribution is -2.59. The smallest absolute Gasteiger partial charge is 0.306 e. The average molecular weight is 903 g/mol. The quantitative estimate of drug-likeness (QED) is 0.0268. The van der Waals surface area contributed by atoms with Crippen LogP contribution in [0.2, 0.25) is 0 Å². The van der Waals surface area contributed by atoms with Gasteiger partial charge in [-0.1, -0.05) is 197 Å². The maximum absolute atomic E-state index is 12.9. The summed E-state index contributed by atoms with van der Waals surface area (Å²) in [7, 11) is 0. The van der Waals surface area contributed by atoms with E-state index in [1.807, 2.05) is 0 Å². The number of aliphatic hydroxyl groups excluding tert-OH is 4. The van der Waals surface area contributed by atoms with Crippen LogP contribution in [0.3, 0.4) is 0 Å². The Morgan fingerprint density at radius 3 is 1.45 bits per heavy atom. The van der Waals surface area contributed by atoms with Crippen molar-refractivity contribution in [1.29, 1.82) is 0 Å². The van der Waals surface area contributed by atoms with E-state index in [2.05, 4.69) is 74.6 Å². The second-order valence-electron chi connectivity index (χ2n) is 17.9. The van der Waals surface area contributed by atoms with Gasteiger partial charge < -0.3 is 39.4 Å². The monoisotopic (exact) mass is 903 g/mol. The molecule has 1 saturated heterocycles. The molecule has 372 valence electrons. The molecule has 0 amide bonds. The van der Waals surface area contributed by atoms with E-state index in [9.17, 15) is 25.2 Å². The molecule has 0 aromatic rings. The first-order valence-electron chi connectivity index (χ1n) is 26.4. The number of esters is 1. The maximum Gasteiger partial charge on any atom is 0.306 e. The SMILES string of the molecule is CC/C=C\C/C=C\C/C=C\C/C=C\CCCCCCCCCCCCCCC(=O)OC(COCCCCCCCC/C=C\CCCCCCCC)COC1OC(CO)C(O)C(O)C1O. The second-order valence-corrected chi connectivity index (χ2v) is 17.9. The molecule has 0 aromatic carbocycles. The Labute approximate surface area is 392 Å². The van der Waals surface area contributed by atoms with Crippen LogP contribution in [-0.2, 0) is 23.7 Å². The average Bonchev–Trinajstić information content (AvgIpc) is 3.30. The van der Waals surface area contributed by atoms with Gasteiger partial charge in [0.25, 0.3) is 0 Å². The summed E-state index contributed by atoms with van der Waals surface area (Å²) in [5, 5.41) is 40.3. The van der Waals surface area contributed by atoms with E-state index in [1.54, 1.807) is 0 Å². The number of hydrogen-bond acceptors (Lipinski definition) is 9. The zero-order chi connectivity index (χ0) is 46.4. The van der Waals surface area contributed by atoms with Crippen molar-refractivity contribution in [3.63, 3.8) is 0 Å².